The Morgan fingerprint density at radius 3 is 2.04 bits per heavy atom. The van der Waals surface area contributed by atoms with Gasteiger partial charge in [-0.3, -0.25) is 24.5 Å². The summed E-state index contributed by atoms with van der Waals surface area (Å²) in [6, 6.07) is 36.8. The lowest BCUT2D eigenvalue weighted by Crippen LogP contribution is -1.98. The van der Waals surface area contributed by atoms with Crippen LogP contribution in [-0.2, 0) is 0 Å². The number of hydrogen-bond acceptors (Lipinski definition) is 6. The molecule has 7 aromatic heterocycles. The van der Waals surface area contributed by atoms with Crippen LogP contribution in [0.2, 0.25) is 0 Å². The highest BCUT2D eigenvalue weighted by molar-refractivity contribution is 6.10. The first-order valence-corrected chi connectivity index (χ1v) is 14.7. The normalized spacial score (nSPS) is 11.6. The third-order valence-electron chi connectivity index (χ3n) is 8.23. The zero-order chi connectivity index (χ0) is 29.7. The van der Waals surface area contributed by atoms with Gasteiger partial charge >= 0.3 is 0 Å². The van der Waals surface area contributed by atoms with Crippen molar-refractivity contribution < 1.29 is 0 Å². The van der Waals surface area contributed by atoms with Gasteiger partial charge < -0.3 is 0 Å². The first kappa shape index (κ1) is 25.2. The third-order valence-corrected chi connectivity index (χ3v) is 8.23. The van der Waals surface area contributed by atoms with Crippen molar-refractivity contribution in [1.29, 1.82) is 0 Å². The predicted molar refractivity (Wildman–Crippen MR) is 179 cm³/mol. The number of para-hydroxylation sites is 1. The lowest BCUT2D eigenvalue weighted by molar-refractivity contribution is 1.08. The highest BCUT2D eigenvalue weighted by atomic mass is 15.1. The van der Waals surface area contributed by atoms with Gasteiger partial charge in [0.25, 0.3) is 0 Å². The quantitative estimate of drug-likeness (QED) is 0.195. The maximum absolute atomic E-state index is 5.14. The minimum absolute atomic E-state index is 0.781. The maximum Gasteiger partial charge on any atom is 0.137 e. The van der Waals surface area contributed by atoms with E-state index >= 15 is 0 Å². The molecule has 0 saturated carbocycles. The molecule has 0 fully saturated rings. The van der Waals surface area contributed by atoms with Crippen LogP contribution in [0.4, 0.5) is 0 Å². The molecule has 9 rings (SSSR count). The Bertz CT molecular complexity index is 2490. The van der Waals surface area contributed by atoms with Gasteiger partial charge in [0.2, 0.25) is 0 Å². The van der Waals surface area contributed by atoms with Crippen LogP contribution in [0.15, 0.2) is 140 Å². The molecular formula is C38H23N7. The van der Waals surface area contributed by atoms with Gasteiger partial charge in [0.05, 0.1) is 44.7 Å². The topological polar surface area (TPSA) is 82.3 Å². The van der Waals surface area contributed by atoms with Crippen molar-refractivity contribution in [2.24, 2.45) is 0 Å². The minimum atomic E-state index is 0.781. The molecule has 2 aromatic carbocycles. The molecule has 210 valence electrons. The van der Waals surface area contributed by atoms with Gasteiger partial charge in [-0.1, -0.05) is 36.4 Å². The number of aromatic nitrogens is 7. The van der Waals surface area contributed by atoms with Crippen LogP contribution in [0.25, 0.3) is 83.3 Å². The molecule has 0 atom stereocenters. The third kappa shape index (κ3) is 4.13. The summed E-state index contributed by atoms with van der Waals surface area (Å²) in [5, 5.41) is 3.11. The van der Waals surface area contributed by atoms with Crippen molar-refractivity contribution in [3.05, 3.63) is 140 Å². The number of benzene rings is 2. The van der Waals surface area contributed by atoms with E-state index in [0.29, 0.717) is 0 Å². The molecule has 0 spiro atoms. The molecule has 0 aliphatic heterocycles. The average Bonchev–Trinajstić information content (AvgIpc) is 3.46. The number of hydrogen-bond donors (Lipinski definition) is 0. The van der Waals surface area contributed by atoms with Crippen molar-refractivity contribution in [1.82, 2.24) is 34.5 Å². The first-order valence-electron chi connectivity index (χ1n) is 14.7. The minimum Gasteiger partial charge on any atom is -0.292 e. The molecule has 7 heteroatoms. The molecule has 7 heterocycles. The Hall–Kier alpha value is -6.34. The molecular weight excluding hydrogens is 554 g/mol. The number of pyridine rings is 6. The van der Waals surface area contributed by atoms with E-state index < -0.39 is 0 Å². The van der Waals surface area contributed by atoms with E-state index in [0.717, 1.165) is 83.3 Å². The van der Waals surface area contributed by atoms with Crippen LogP contribution >= 0.6 is 0 Å². The van der Waals surface area contributed by atoms with E-state index in [1.165, 1.54) is 0 Å². The molecule has 9 aromatic rings. The van der Waals surface area contributed by atoms with Crippen molar-refractivity contribution in [2.75, 3.05) is 0 Å². The highest BCUT2D eigenvalue weighted by Gasteiger charge is 2.16. The second-order valence-electron chi connectivity index (χ2n) is 10.9. The fraction of sp³-hybridized carbons (Fsp3) is 0. The second kappa shape index (κ2) is 10.1. The van der Waals surface area contributed by atoms with Crippen LogP contribution in [0.5, 0.6) is 0 Å². The van der Waals surface area contributed by atoms with Gasteiger partial charge in [0.15, 0.2) is 0 Å². The zero-order valence-corrected chi connectivity index (χ0v) is 23.9. The molecule has 7 nitrogen and oxygen atoms in total. The van der Waals surface area contributed by atoms with Crippen molar-refractivity contribution in [3.8, 4) is 39.6 Å². The Morgan fingerprint density at radius 2 is 1.18 bits per heavy atom. The van der Waals surface area contributed by atoms with Gasteiger partial charge in [0, 0.05) is 58.3 Å². The monoisotopic (exact) mass is 577 g/mol. The smallest absolute Gasteiger partial charge is 0.137 e. The van der Waals surface area contributed by atoms with Gasteiger partial charge in [-0.2, -0.15) is 0 Å². The second-order valence-corrected chi connectivity index (χ2v) is 10.9. The molecule has 0 aliphatic rings. The van der Waals surface area contributed by atoms with E-state index in [9.17, 15) is 0 Å². The molecule has 45 heavy (non-hydrogen) atoms. The van der Waals surface area contributed by atoms with Gasteiger partial charge in [-0.15, -0.1) is 0 Å². The number of rotatable bonds is 4. The van der Waals surface area contributed by atoms with E-state index in [1.54, 1.807) is 12.4 Å². The van der Waals surface area contributed by atoms with Crippen molar-refractivity contribution in [3.63, 3.8) is 0 Å². The first-order chi connectivity index (χ1) is 22.3. The van der Waals surface area contributed by atoms with E-state index in [4.69, 9.17) is 15.0 Å². The van der Waals surface area contributed by atoms with Gasteiger partial charge in [-0.25, -0.2) is 9.97 Å². The van der Waals surface area contributed by atoms with Gasteiger partial charge in [-0.05, 0) is 78.4 Å². The van der Waals surface area contributed by atoms with Crippen molar-refractivity contribution in [2.45, 2.75) is 0 Å². The van der Waals surface area contributed by atoms with Crippen molar-refractivity contribution >= 4 is 43.7 Å². The zero-order valence-electron chi connectivity index (χ0n) is 23.9. The molecule has 0 bridgehead atoms. The fourth-order valence-corrected chi connectivity index (χ4v) is 6.19. The number of nitrogens with zero attached hydrogens (tertiary/aromatic N) is 7. The van der Waals surface area contributed by atoms with E-state index in [2.05, 4.69) is 80.2 Å². The van der Waals surface area contributed by atoms with E-state index in [1.807, 2.05) is 67.1 Å². The Morgan fingerprint density at radius 1 is 0.444 bits per heavy atom. The lowest BCUT2D eigenvalue weighted by atomic mass is 9.98. The molecule has 0 amide bonds. The predicted octanol–water partition coefficient (Wildman–Crippen LogP) is 8.46. The molecule has 0 aliphatic carbocycles. The standard InChI is InChI=1S/C38H23N7/c1-2-12-33-28(9-1)37-34(13-7-19-41-37)45(33)35-15-14-25(23-43-35)26-21-31(44-32(22-26)30-11-3-4-16-39-30)29-20-24-8-5-17-40-36(24)38-27(29)10-6-18-42-38/h1-23H. The Kier molecular flexibility index (Phi) is 5.67. The Balaban J connectivity index is 1.23. The summed E-state index contributed by atoms with van der Waals surface area (Å²) in [7, 11) is 0. The summed E-state index contributed by atoms with van der Waals surface area (Å²) in [4.78, 5) is 28.8. The van der Waals surface area contributed by atoms with Crippen LogP contribution < -0.4 is 0 Å². The summed E-state index contributed by atoms with van der Waals surface area (Å²) in [5.74, 6) is 0.830. The van der Waals surface area contributed by atoms with Crippen LogP contribution in [0, 0.1) is 0 Å². The Labute approximate surface area is 257 Å². The fourth-order valence-electron chi connectivity index (χ4n) is 6.19. The van der Waals surface area contributed by atoms with Crippen LogP contribution in [-0.4, -0.2) is 34.5 Å². The summed E-state index contributed by atoms with van der Waals surface area (Å²) >= 11 is 0. The van der Waals surface area contributed by atoms with E-state index in [-0.39, 0.29) is 0 Å². The summed E-state index contributed by atoms with van der Waals surface area (Å²) < 4.78 is 2.17. The molecule has 0 unspecified atom stereocenters. The lowest BCUT2D eigenvalue weighted by Gasteiger charge is -2.13. The highest BCUT2D eigenvalue weighted by Crippen LogP contribution is 2.36. The maximum atomic E-state index is 5.14. The average molecular weight is 578 g/mol. The molecule has 0 saturated heterocycles. The van der Waals surface area contributed by atoms with Gasteiger partial charge in [0.1, 0.15) is 5.82 Å². The summed E-state index contributed by atoms with van der Waals surface area (Å²) in [6.07, 6.45) is 9.17. The summed E-state index contributed by atoms with van der Waals surface area (Å²) in [6.45, 7) is 0. The summed E-state index contributed by atoms with van der Waals surface area (Å²) in [5.41, 5.74) is 10.1. The molecule has 0 radical (unpaired) electrons. The molecule has 0 N–H and O–H groups in total. The van der Waals surface area contributed by atoms with Crippen LogP contribution in [0.1, 0.15) is 0 Å². The SMILES string of the molecule is c1ccc(-c2cc(-c3ccc(-n4c5ccccc5c5ncccc54)nc3)cc(-c3cc4cccnc4c4ncccc34)n2)nc1. The van der Waals surface area contributed by atoms with Crippen LogP contribution in [0.3, 0.4) is 0 Å². The largest absolute Gasteiger partial charge is 0.292 e. The number of fused-ring (bicyclic) bond motifs is 6.